The van der Waals surface area contributed by atoms with Crippen molar-refractivity contribution in [3.05, 3.63) is 65.2 Å². The number of carbonyl (C=O) groups is 2. The maximum atomic E-state index is 12.3. The molecular weight excluding hydrogens is 320 g/mol. The van der Waals surface area contributed by atoms with Gasteiger partial charge in [0.1, 0.15) is 0 Å². The molecule has 1 aliphatic rings. The third-order valence-electron chi connectivity index (χ3n) is 3.67. The van der Waals surface area contributed by atoms with Crippen LogP contribution in [0.2, 0.25) is 0 Å². The number of benzene rings is 2. The van der Waals surface area contributed by atoms with E-state index in [0.717, 1.165) is 27.8 Å². The van der Waals surface area contributed by atoms with Crippen LogP contribution < -0.4 is 10.2 Å². The molecule has 1 N–H and O–H groups in total. The molecule has 0 atom stereocenters. The van der Waals surface area contributed by atoms with Crippen molar-refractivity contribution >= 4 is 34.8 Å². The Labute approximate surface area is 145 Å². The Balaban J connectivity index is 1.85. The number of rotatable bonds is 4. The van der Waals surface area contributed by atoms with Crippen molar-refractivity contribution in [1.82, 2.24) is 0 Å². The highest BCUT2D eigenvalue weighted by molar-refractivity contribution is 8.03. The largest absolute Gasteiger partial charge is 0.335 e. The van der Waals surface area contributed by atoms with E-state index in [-0.39, 0.29) is 11.7 Å². The molecular formula is C19H18N2O2S. The van der Waals surface area contributed by atoms with Gasteiger partial charge in [0.2, 0.25) is 0 Å². The number of fused-ring (bicyclic) bond motifs is 1. The minimum Gasteiger partial charge on any atom is -0.335 e. The fourth-order valence-corrected chi connectivity index (χ4v) is 3.78. The van der Waals surface area contributed by atoms with Crippen LogP contribution in [0.4, 0.5) is 11.4 Å². The summed E-state index contributed by atoms with van der Waals surface area (Å²) in [5.41, 5.74) is 2.38. The first kappa shape index (κ1) is 16.3. The molecule has 0 saturated heterocycles. The lowest BCUT2D eigenvalue weighted by atomic mass is 10.2. The first-order valence-corrected chi connectivity index (χ1v) is 8.58. The van der Waals surface area contributed by atoms with Crippen molar-refractivity contribution in [3.8, 4) is 0 Å². The monoisotopic (exact) mass is 338 g/mol. The molecule has 3 rings (SSSR count). The zero-order valence-electron chi connectivity index (χ0n) is 13.6. The average Bonchev–Trinajstić information content (AvgIpc) is 2.91. The topological polar surface area (TPSA) is 49.4 Å². The second kappa shape index (κ2) is 6.93. The predicted octanol–water partition coefficient (Wildman–Crippen LogP) is 4.30. The van der Waals surface area contributed by atoms with Crippen LogP contribution in [-0.4, -0.2) is 18.2 Å². The maximum absolute atomic E-state index is 12.3. The molecule has 24 heavy (non-hydrogen) atoms. The van der Waals surface area contributed by atoms with Crippen LogP contribution in [0.5, 0.6) is 0 Å². The lowest BCUT2D eigenvalue weighted by molar-refractivity contribution is -0.112. The Hall–Kier alpha value is -2.53. The second-order valence-electron chi connectivity index (χ2n) is 5.44. The summed E-state index contributed by atoms with van der Waals surface area (Å²) < 4.78 is 0. The van der Waals surface area contributed by atoms with Gasteiger partial charge >= 0.3 is 0 Å². The van der Waals surface area contributed by atoms with Crippen molar-refractivity contribution in [2.75, 3.05) is 16.8 Å². The Bertz CT molecular complexity index is 815. The van der Waals surface area contributed by atoms with E-state index < -0.39 is 0 Å². The lowest BCUT2D eigenvalue weighted by Gasteiger charge is -2.18. The normalized spacial score (nSPS) is 14.6. The molecule has 4 nitrogen and oxygen atoms in total. The molecule has 0 spiro atoms. The van der Waals surface area contributed by atoms with E-state index in [1.807, 2.05) is 43.3 Å². The molecule has 5 heteroatoms. The van der Waals surface area contributed by atoms with Crippen LogP contribution in [0.1, 0.15) is 24.2 Å². The first-order valence-electron chi connectivity index (χ1n) is 7.76. The quantitative estimate of drug-likeness (QED) is 0.845. The van der Waals surface area contributed by atoms with E-state index >= 15 is 0 Å². The van der Waals surface area contributed by atoms with E-state index in [1.165, 1.54) is 0 Å². The number of hydrogen-bond donors (Lipinski definition) is 1. The summed E-state index contributed by atoms with van der Waals surface area (Å²) >= 11 is 1.57. The molecule has 0 unspecified atom stereocenters. The summed E-state index contributed by atoms with van der Waals surface area (Å²) in [6.07, 6.45) is 1.65. The molecule has 1 amide bonds. The maximum Gasteiger partial charge on any atom is 0.255 e. The highest BCUT2D eigenvalue weighted by Gasteiger charge is 2.24. The van der Waals surface area contributed by atoms with Gasteiger partial charge in [-0.25, -0.2) is 0 Å². The summed E-state index contributed by atoms with van der Waals surface area (Å²) in [6, 6.07) is 14.9. The molecule has 0 radical (unpaired) electrons. The zero-order valence-corrected chi connectivity index (χ0v) is 14.4. The number of allylic oxidation sites excluding steroid dienone is 1. The highest BCUT2D eigenvalue weighted by Crippen LogP contribution is 2.46. The summed E-state index contributed by atoms with van der Waals surface area (Å²) in [5.74, 6) is -0.106. The van der Waals surface area contributed by atoms with Gasteiger partial charge in [-0.1, -0.05) is 30.0 Å². The van der Waals surface area contributed by atoms with Gasteiger partial charge in [-0.05, 0) is 44.2 Å². The van der Waals surface area contributed by atoms with Gasteiger partial charge in [0, 0.05) is 28.8 Å². The van der Waals surface area contributed by atoms with Gasteiger partial charge in [0.25, 0.3) is 5.91 Å². The molecule has 1 heterocycles. The van der Waals surface area contributed by atoms with E-state index in [2.05, 4.69) is 10.2 Å². The molecule has 1 aliphatic heterocycles. The smallest absolute Gasteiger partial charge is 0.255 e. The predicted molar refractivity (Wildman–Crippen MR) is 98.5 cm³/mol. The Morgan fingerprint density at radius 2 is 1.92 bits per heavy atom. The van der Waals surface area contributed by atoms with Crippen molar-refractivity contribution in [2.45, 2.75) is 18.7 Å². The number of hydrogen-bond acceptors (Lipinski definition) is 4. The Morgan fingerprint density at radius 1 is 1.17 bits per heavy atom. The number of carbonyl (C=O) groups excluding carboxylic acids is 2. The number of amides is 1. The first-order chi connectivity index (χ1) is 11.6. The second-order valence-corrected chi connectivity index (χ2v) is 6.50. The minimum atomic E-state index is -0.135. The van der Waals surface area contributed by atoms with E-state index in [4.69, 9.17) is 0 Å². The number of anilines is 2. The molecule has 0 aromatic heterocycles. The van der Waals surface area contributed by atoms with Crippen molar-refractivity contribution < 1.29 is 9.59 Å². The molecule has 0 saturated carbocycles. The van der Waals surface area contributed by atoms with Gasteiger partial charge in [0.05, 0.1) is 10.7 Å². The van der Waals surface area contributed by atoms with Crippen LogP contribution in [0.25, 0.3) is 0 Å². The number of ketones is 1. The van der Waals surface area contributed by atoms with Gasteiger partial charge in [0.15, 0.2) is 5.78 Å². The van der Waals surface area contributed by atoms with E-state index in [1.54, 1.807) is 36.9 Å². The fourth-order valence-electron chi connectivity index (χ4n) is 2.58. The van der Waals surface area contributed by atoms with Gasteiger partial charge in [-0.2, -0.15) is 0 Å². The van der Waals surface area contributed by atoms with Gasteiger partial charge in [-0.15, -0.1) is 0 Å². The van der Waals surface area contributed by atoms with Gasteiger partial charge in [-0.3, -0.25) is 9.59 Å². The summed E-state index contributed by atoms with van der Waals surface area (Å²) in [4.78, 5) is 26.9. The number of nitrogens with one attached hydrogen (secondary N) is 1. The van der Waals surface area contributed by atoms with Crippen LogP contribution in [0, 0.1) is 0 Å². The molecule has 0 aliphatic carbocycles. The van der Waals surface area contributed by atoms with Crippen LogP contribution >= 0.6 is 11.8 Å². The zero-order chi connectivity index (χ0) is 17.1. The van der Waals surface area contributed by atoms with Crippen molar-refractivity contribution in [3.63, 3.8) is 0 Å². The number of nitrogens with zero attached hydrogens (tertiary/aromatic N) is 1. The minimum absolute atomic E-state index is 0.0290. The third-order valence-corrected chi connectivity index (χ3v) is 4.78. The fraction of sp³-hybridized carbons (Fsp3) is 0.158. The Kier molecular flexibility index (Phi) is 4.71. The van der Waals surface area contributed by atoms with E-state index in [9.17, 15) is 9.59 Å². The molecule has 0 bridgehead atoms. The Morgan fingerprint density at radius 3 is 2.58 bits per heavy atom. The SMILES string of the molecule is CCN1/C(=C/C(C)=O)Sc2ccc(NC(=O)c3ccccc3)cc21. The standard InChI is InChI=1S/C19H18N2O2S/c1-3-21-16-12-15(20-19(23)14-7-5-4-6-8-14)9-10-17(16)24-18(21)11-13(2)22/h4-12H,3H2,1-2H3,(H,20,23)/b18-11-. The number of thioether (sulfide) groups is 1. The van der Waals surface area contributed by atoms with Crippen LogP contribution in [-0.2, 0) is 4.79 Å². The third kappa shape index (κ3) is 3.36. The van der Waals surface area contributed by atoms with Crippen molar-refractivity contribution in [1.29, 1.82) is 0 Å². The summed E-state index contributed by atoms with van der Waals surface area (Å²) in [5, 5.41) is 3.85. The lowest BCUT2D eigenvalue weighted by Crippen LogP contribution is -2.17. The average molecular weight is 338 g/mol. The summed E-state index contributed by atoms with van der Waals surface area (Å²) in [6.45, 7) is 4.35. The van der Waals surface area contributed by atoms with Gasteiger partial charge < -0.3 is 10.2 Å². The highest BCUT2D eigenvalue weighted by atomic mass is 32.2. The molecule has 2 aromatic rings. The summed E-state index contributed by atoms with van der Waals surface area (Å²) in [7, 11) is 0. The van der Waals surface area contributed by atoms with Crippen molar-refractivity contribution in [2.24, 2.45) is 0 Å². The molecule has 122 valence electrons. The molecule has 0 fully saturated rings. The van der Waals surface area contributed by atoms with Crippen LogP contribution in [0.15, 0.2) is 64.5 Å². The van der Waals surface area contributed by atoms with Crippen LogP contribution in [0.3, 0.4) is 0 Å². The molecule has 2 aromatic carbocycles. The van der Waals surface area contributed by atoms with E-state index in [0.29, 0.717) is 5.56 Å².